The van der Waals surface area contributed by atoms with Gasteiger partial charge in [0.05, 0.1) is 11.5 Å². The van der Waals surface area contributed by atoms with Crippen molar-refractivity contribution in [3.05, 3.63) is 70.5 Å². The topological polar surface area (TPSA) is 73.2 Å². The molecule has 7 heteroatoms. The zero-order valence-electron chi connectivity index (χ0n) is 20.4. The van der Waals surface area contributed by atoms with Crippen LogP contribution in [0.1, 0.15) is 63.5 Å². The van der Waals surface area contributed by atoms with E-state index in [-0.39, 0.29) is 34.9 Å². The van der Waals surface area contributed by atoms with Crippen molar-refractivity contribution in [3.63, 3.8) is 0 Å². The molecule has 0 spiro atoms. The molecule has 1 aliphatic rings. The molecule has 2 aromatic carbocycles. The van der Waals surface area contributed by atoms with Gasteiger partial charge in [-0.05, 0) is 49.3 Å². The highest BCUT2D eigenvalue weighted by Gasteiger charge is 2.36. The number of nitrogens with zero attached hydrogens (tertiary/aromatic N) is 2. The second-order valence-electron chi connectivity index (χ2n) is 9.47. The molecule has 3 rings (SSSR count). The predicted molar refractivity (Wildman–Crippen MR) is 135 cm³/mol. The van der Waals surface area contributed by atoms with Gasteiger partial charge in [0.2, 0.25) is 11.8 Å². The van der Waals surface area contributed by atoms with Crippen LogP contribution >= 0.6 is 11.6 Å². The lowest BCUT2D eigenvalue weighted by molar-refractivity contribution is -0.138. The van der Waals surface area contributed by atoms with E-state index in [9.17, 15) is 19.2 Å². The number of hydrogen-bond acceptors (Lipinski definition) is 3. The number of nitriles is 1. The molecule has 2 aromatic rings. The molecular weight excluding hydrogens is 465 g/mol. The van der Waals surface area contributed by atoms with E-state index in [1.54, 1.807) is 11.0 Å². The molecule has 1 heterocycles. The van der Waals surface area contributed by atoms with E-state index in [4.69, 9.17) is 11.6 Å². The molecule has 1 fully saturated rings. The smallest absolute Gasteiger partial charge is 0.243 e. The van der Waals surface area contributed by atoms with Crippen LogP contribution in [0.2, 0.25) is 5.02 Å². The third-order valence-corrected chi connectivity index (χ3v) is 7.42. The van der Waals surface area contributed by atoms with E-state index in [1.165, 1.54) is 12.1 Å². The molecule has 186 valence electrons. The van der Waals surface area contributed by atoms with E-state index < -0.39 is 17.3 Å². The average Bonchev–Trinajstić information content (AvgIpc) is 3.34. The lowest BCUT2D eigenvalue weighted by atomic mass is 9.69. The summed E-state index contributed by atoms with van der Waals surface area (Å²) < 4.78 is 14.0. The largest absolute Gasteiger partial charge is 0.350 e. The molecule has 1 saturated heterocycles. The summed E-state index contributed by atoms with van der Waals surface area (Å²) in [6, 6.07) is 16.2. The average molecular weight is 498 g/mol. The summed E-state index contributed by atoms with van der Waals surface area (Å²) in [6.07, 6.45) is 3.73. The summed E-state index contributed by atoms with van der Waals surface area (Å²) >= 11 is 6.05. The van der Waals surface area contributed by atoms with Gasteiger partial charge >= 0.3 is 0 Å². The molecule has 0 aliphatic carbocycles. The number of nitrogens with one attached hydrogen (secondary N) is 1. The molecule has 0 bridgehead atoms. The third-order valence-electron chi connectivity index (χ3n) is 7.06. The quantitative estimate of drug-likeness (QED) is 0.424. The standard InChI is InChI=1S/C28H33ClFN3O2/c1-20(2)28(19-31,21-10-4-3-5-11-21)16-7-6-15-26(34)33-17-9-14-25(33)27(35)32-18-22-23(29)12-8-13-24(22)30/h3-5,8,10-13,20,25H,6-7,9,14-18H2,1-2H3,(H,32,35)/t25-,28?/m1/s1. The second-order valence-corrected chi connectivity index (χ2v) is 9.88. The first kappa shape index (κ1) is 26.7. The maximum absolute atomic E-state index is 14.0. The fourth-order valence-electron chi connectivity index (χ4n) is 4.91. The summed E-state index contributed by atoms with van der Waals surface area (Å²) in [5, 5.41) is 13.0. The first-order valence-corrected chi connectivity index (χ1v) is 12.6. The Balaban J connectivity index is 1.53. The summed E-state index contributed by atoms with van der Waals surface area (Å²) in [6.45, 7) is 4.63. The monoisotopic (exact) mass is 497 g/mol. The van der Waals surface area contributed by atoms with E-state index in [0.29, 0.717) is 32.2 Å². The molecular formula is C28H33ClFN3O2. The SMILES string of the molecule is CC(C)C(C#N)(CCCCC(=O)N1CCC[C@@H]1C(=O)NCc1c(F)cccc1Cl)c1ccccc1. The Morgan fingerprint density at radius 3 is 2.60 bits per heavy atom. The molecule has 35 heavy (non-hydrogen) atoms. The Kier molecular flexibility index (Phi) is 9.28. The number of halogens is 2. The van der Waals surface area contributed by atoms with Crippen LogP contribution in [0.4, 0.5) is 4.39 Å². The fraction of sp³-hybridized carbons (Fsp3) is 0.464. The minimum absolute atomic E-state index is 0.0200. The summed E-state index contributed by atoms with van der Waals surface area (Å²) in [4.78, 5) is 27.4. The van der Waals surface area contributed by atoms with Gasteiger partial charge in [-0.3, -0.25) is 9.59 Å². The van der Waals surface area contributed by atoms with Crippen molar-refractivity contribution in [1.82, 2.24) is 10.2 Å². The predicted octanol–water partition coefficient (Wildman–Crippen LogP) is 5.76. The Hall–Kier alpha value is -2.91. The molecule has 1 aliphatic heterocycles. The first-order valence-electron chi connectivity index (χ1n) is 12.3. The maximum Gasteiger partial charge on any atom is 0.243 e. The zero-order chi connectivity index (χ0) is 25.4. The molecule has 0 radical (unpaired) electrons. The minimum atomic E-state index is -0.589. The number of rotatable bonds is 10. The van der Waals surface area contributed by atoms with Gasteiger partial charge in [-0.25, -0.2) is 4.39 Å². The molecule has 5 nitrogen and oxygen atoms in total. The van der Waals surface area contributed by atoms with E-state index in [1.807, 2.05) is 30.3 Å². The van der Waals surface area contributed by atoms with Gasteiger partial charge < -0.3 is 10.2 Å². The van der Waals surface area contributed by atoms with Crippen molar-refractivity contribution in [2.75, 3.05) is 6.54 Å². The van der Waals surface area contributed by atoms with Crippen molar-refractivity contribution in [1.29, 1.82) is 5.26 Å². The lowest BCUT2D eigenvalue weighted by Gasteiger charge is -2.31. The number of benzene rings is 2. The van der Waals surface area contributed by atoms with E-state index in [2.05, 4.69) is 25.2 Å². The Bertz CT molecular complexity index is 1050. The maximum atomic E-state index is 14.0. The number of carbonyl (C=O) groups excluding carboxylic acids is 2. The number of carbonyl (C=O) groups is 2. The van der Waals surface area contributed by atoms with Gasteiger partial charge in [-0.1, -0.05) is 68.3 Å². The highest BCUT2D eigenvalue weighted by Crippen LogP contribution is 2.37. The Labute approximate surface area is 212 Å². The number of likely N-dealkylation sites (tertiary alicyclic amines) is 1. The number of hydrogen-bond donors (Lipinski definition) is 1. The summed E-state index contributed by atoms with van der Waals surface area (Å²) in [5.41, 5.74) is 0.659. The van der Waals surface area contributed by atoms with Crippen molar-refractivity contribution in [2.24, 2.45) is 5.92 Å². The third kappa shape index (κ3) is 6.21. The molecule has 1 N–H and O–H groups in total. The van der Waals surface area contributed by atoms with Crippen molar-refractivity contribution in [3.8, 4) is 6.07 Å². The molecule has 0 saturated carbocycles. The van der Waals surface area contributed by atoms with Gasteiger partial charge in [0, 0.05) is 30.1 Å². The van der Waals surface area contributed by atoms with Gasteiger partial charge in [-0.15, -0.1) is 0 Å². The summed E-state index contributed by atoms with van der Waals surface area (Å²) in [5.74, 6) is -0.677. The van der Waals surface area contributed by atoms with Crippen LogP contribution in [0, 0.1) is 23.1 Å². The van der Waals surface area contributed by atoms with Crippen LogP contribution in [0.5, 0.6) is 0 Å². The van der Waals surface area contributed by atoms with Gasteiger partial charge in [0.25, 0.3) is 0 Å². The highest BCUT2D eigenvalue weighted by atomic mass is 35.5. The highest BCUT2D eigenvalue weighted by molar-refractivity contribution is 6.31. The van der Waals surface area contributed by atoms with Crippen LogP contribution < -0.4 is 5.32 Å². The van der Waals surface area contributed by atoms with Crippen LogP contribution in [0.3, 0.4) is 0 Å². The van der Waals surface area contributed by atoms with Crippen LogP contribution in [-0.2, 0) is 21.5 Å². The second kappa shape index (κ2) is 12.2. The van der Waals surface area contributed by atoms with Crippen LogP contribution in [0.15, 0.2) is 48.5 Å². The number of amides is 2. The Morgan fingerprint density at radius 2 is 1.94 bits per heavy atom. The van der Waals surface area contributed by atoms with Crippen LogP contribution in [0.25, 0.3) is 0 Å². The Morgan fingerprint density at radius 1 is 1.20 bits per heavy atom. The van der Waals surface area contributed by atoms with Crippen molar-refractivity contribution >= 4 is 23.4 Å². The van der Waals surface area contributed by atoms with Crippen molar-refractivity contribution < 1.29 is 14.0 Å². The summed E-state index contributed by atoms with van der Waals surface area (Å²) in [7, 11) is 0. The van der Waals surface area contributed by atoms with E-state index >= 15 is 0 Å². The fourth-order valence-corrected chi connectivity index (χ4v) is 5.14. The normalized spacial score (nSPS) is 17.1. The number of unbranched alkanes of at least 4 members (excludes halogenated alkanes) is 1. The molecule has 2 amide bonds. The first-order chi connectivity index (χ1) is 16.8. The van der Waals surface area contributed by atoms with Crippen LogP contribution in [-0.4, -0.2) is 29.3 Å². The van der Waals surface area contributed by atoms with Gasteiger partial charge in [0.15, 0.2) is 0 Å². The minimum Gasteiger partial charge on any atom is -0.350 e. The van der Waals surface area contributed by atoms with Gasteiger partial charge in [-0.2, -0.15) is 5.26 Å². The molecule has 2 atom stereocenters. The van der Waals surface area contributed by atoms with Gasteiger partial charge in [0.1, 0.15) is 11.9 Å². The zero-order valence-corrected chi connectivity index (χ0v) is 21.2. The lowest BCUT2D eigenvalue weighted by Crippen LogP contribution is -2.45. The van der Waals surface area contributed by atoms with E-state index in [0.717, 1.165) is 18.4 Å². The molecule has 0 aromatic heterocycles. The van der Waals surface area contributed by atoms with Crippen molar-refractivity contribution in [2.45, 2.75) is 70.4 Å². The molecule has 1 unspecified atom stereocenters.